The maximum atomic E-state index is 3.69. The van der Waals surface area contributed by atoms with Crippen LogP contribution >= 0.6 is 0 Å². The molecule has 1 aliphatic heterocycles. The maximum Gasteiger partial charge on any atom is 0.0110 e. The topological polar surface area (TPSA) is 18.5 Å². The van der Waals surface area contributed by atoms with Gasteiger partial charge in [-0.05, 0) is 45.6 Å². The average molecular weight is 284 g/mol. The molecule has 1 aliphatic rings. The van der Waals surface area contributed by atoms with Crippen LogP contribution in [-0.2, 0) is 0 Å². The number of nitrogens with zero attached hydrogens (tertiary/aromatic N) is 2. The predicted molar refractivity (Wildman–Crippen MR) is 89.3 cm³/mol. The summed E-state index contributed by atoms with van der Waals surface area (Å²) in [6, 6.07) is 0. The summed E-state index contributed by atoms with van der Waals surface area (Å²) in [6.45, 7) is 22.4. The zero-order chi connectivity index (χ0) is 15.2. The fourth-order valence-corrected chi connectivity index (χ4v) is 2.80. The molecule has 1 atom stereocenters. The summed E-state index contributed by atoms with van der Waals surface area (Å²) in [5.41, 5.74) is 0.608. The first-order valence-electron chi connectivity index (χ1n) is 8.48. The Morgan fingerprint density at radius 3 is 1.90 bits per heavy atom. The monoisotopic (exact) mass is 283 g/mol. The second kappa shape index (κ2) is 7.77. The summed E-state index contributed by atoms with van der Waals surface area (Å²) >= 11 is 0. The molecular formula is C17H37N3. The van der Waals surface area contributed by atoms with Crippen LogP contribution in [0.25, 0.3) is 0 Å². The molecule has 0 bridgehead atoms. The highest BCUT2D eigenvalue weighted by molar-refractivity contribution is 4.85. The molecule has 1 heterocycles. The predicted octanol–water partition coefficient (Wildman–Crippen LogP) is 2.82. The lowest BCUT2D eigenvalue weighted by Crippen LogP contribution is -2.52. The highest BCUT2D eigenvalue weighted by atomic mass is 15.3. The molecule has 0 amide bonds. The van der Waals surface area contributed by atoms with Gasteiger partial charge in [0.05, 0.1) is 0 Å². The summed E-state index contributed by atoms with van der Waals surface area (Å²) in [4.78, 5) is 5.27. The van der Waals surface area contributed by atoms with Crippen LogP contribution in [0.2, 0.25) is 0 Å². The lowest BCUT2D eigenvalue weighted by atomic mass is 9.85. The van der Waals surface area contributed by atoms with Gasteiger partial charge in [-0.15, -0.1) is 0 Å². The zero-order valence-corrected chi connectivity index (χ0v) is 14.8. The minimum absolute atomic E-state index is 0.219. The summed E-state index contributed by atoms with van der Waals surface area (Å²) < 4.78 is 0. The smallest absolute Gasteiger partial charge is 0.0110 e. The largest absolute Gasteiger partial charge is 0.311 e. The third-order valence-corrected chi connectivity index (χ3v) is 4.51. The summed E-state index contributed by atoms with van der Waals surface area (Å²) in [7, 11) is 0. The number of piperazine rings is 1. The van der Waals surface area contributed by atoms with Gasteiger partial charge in [0.1, 0.15) is 0 Å². The molecule has 0 saturated carbocycles. The van der Waals surface area contributed by atoms with Crippen LogP contribution in [0.1, 0.15) is 54.4 Å². The van der Waals surface area contributed by atoms with Crippen molar-refractivity contribution in [1.29, 1.82) is 0 Å². The van der Waals surface area contributed by atoms with E-state index in [9.17, 15) is 0 Å². The van der Waals surface area contributed by atoms with E-state index in [2.05, 4.69) is 56.7 Å². The van der Waals surface area contributed by atoms with Crippen molar-refractivity contribution in [2.75, 3.05) is 45.8 Å². The molecule has 120 valence electrons. The van der Waals surface area contributed by atoms with Gasteiger partial charge in [-0.25, -0.2) is 0 Å². The summed E-state index contributed by atoms with van der Waals surface area (Å²) in [5.74, 6) is 0. The third kappa shape index (κ3) is 6.55. The second-order valence-electron chi connectivity index (χ2n) is 7.89. The van der Waals surface area contributed by atoms with Crippen molar-refractivity contribution in [3.05, 3.63) is 0 Å². The molecule has 0 aromatic heterocycles. The van der Waals surface area contributed by atoms with Gasteiger partial charge >= 0.3 is 0 Å². The van der Waals surface area contributed by atoms with Gasteiger partial charge in [-0.1, -0.05) is 20.8 Å². The quantitative estimate of drug-likeness (QED) is 0.775. The molecule has 0 aliphatic carbocycles. The van der Waals surface area contributed by atoms with E-state index < -0.39 is 0 Å². The van der Waals surface area contributed by atoms with Crippen molar-refractivity contribution in [2.45, 2.75) is 59.9 Å². The highest BCUT2D eigenvalue weighted by Gasteiger charge is 2.28. The molecule has 1 unspecified atom stereocenters. The first kappa shape index (κ1) is 17.9. The van der Waals surface area contributed by atoms with Crippen molar-refractivity contribution in [2.24, 2.45) is 5.41 Å². The fourth-order valence-electron chi connectivity index (χ4n) is 2.80. The molecule has 0 radical (unpaired) electrons. The van der Waals surface area contributed by atoms with Gasteiger partial charge in [0.2, 0.25) is 0 Å². The lowest BCUT2D eigenvalue weighted by molar-refractivity contribution is 0.0852. The molecule has 0 aromatic carbocycles. The van der Waals surface area contributed by atoms with Crippen LogP contribution in [0, 0.1) is 5.41 Å². The number of hydrogen-bond acceptors (Lipinski definition) is 3. The Bertz CT molecular complexity index is 264. The Balaban J connectivity index is 2.40. The van der Waals surface area contributed by atoms with Gasteiger partial charge in [-0.2, -0.15) is 0 Å². The molecule has 1 N–H and O–H groups in total. The normalized spacial score (nSPS) is 21.9. The SMILES string of the molecule is CCCN1CCN(CC(C)(CC)CNC(C)(C)C)CC1. The van der Waals surface area contributed by atoms with Crippen molar-refractivity contribution in [1.82, 2.24) is 15.1 Å². The number of rotatable bonds is 7. The van der Waals surface area contributed by atoms with Crippen LogP contribution < -0.4 is 5.32 Å². The molecule has 3 nitrogen and oxygen atoms in total. The summed E-state index contributed by atoms with van der Waals surface area (Å²) in [5, 5.41) is 3.69. The highest BCUT2D eigenvalue weighted by Crippen LogP contribution is 2.23. The van der Waals surface area contributed by atoms with Crippen molar-refractivity contribution in [3.63, 3.8) is 0 Å². The van der Waals surface area contributed by atoms with E-state index >= 15 is 0 Å². The van der Waals surface area contributed by atoms with Gasteiger partial charge < -0.3 is 15.1 Å². The Labute approximate surface area is 127 Å². The molecule has 1 fully saturated rings. The van der Waals surface area contributed by atoms with Crippen LogP contribution in [0.3, 0.4) is 0 Å². The van der Waals surface area contributed by atoms with E-state index in [1.54, 1.807) is 0 Å². The Morgan fingerprint density at radius 1 is 0.900 bits per heavy atom. The molecule has 20 heavy (non-hydrogen) atoms. The van der Waals surface area contributed by atoms with Gasteiger partial charge in [0.15, 0.2) is 0 Å². The van der Waals surface area contributed by atoms with E-state index in [0.717, 1.165) is 6.54 Å². The Hall–Kier alpha value is -0.120. The van der Waals surface area contributed by atoms with E-state index in [-0.39, 0.29) is 5.54 Å². The molecule has 0 aromatic rings. The Morgan fingerprint density at radius 2 is 1.45 bits per heavy atom. The van der Waals surface area contributed by atoms with E-state index in [1.165, 1.54) is 52.1 Å². The van der Waals surface area contributed by atoms with Crippen LogP contribution in [0.5, 0.6) is 0 Å². The summed E-state index contributed by atoms with van der Waals surface area (Å²) in [6.07, 6.45) is 2.52. The lowest BCUT2D eigenvalue weighted by Gasteiger charge is -2.41. The third-order valence-electron chi connectivity index (χ3n) is 4.51. The molecule has 3 heteroatoms. The van der Waals surface area contributed by atoms with Gasteiger partial charge in [0, 0.05) is 44.8 Å². The minimum Gasteiger partial charge on any atom is -0.311 e. The number of nitrogens with one attached hydrogen (secondary N) is 1. The first-order valence-corrected chi connectivity index (χ1v) is 8.48. The molecule has 1 rings (SSSR count). The molecule has 0 spiro atoms. The van der Waals surface area contributed by atoms with E-state index in [4.69, 9.17) is 0 Å². The zero-order valence-electron chi connectivity index (χ0n) is 14.8. The average Bonchev–Trinajstić information content (AvgIpc) is 2.38. The van der Waals surface area contributed by atoms with E-state index in [1.807, 2.05) is 0 Å². The minimum atomic E-state index is 0.219. The molecule has 1 saturated heterocycles. The number of hydrogen-bond donors (Lipinski definition) is 1. The van der Waals surface area contributed by atoms with Gasteiger partial charge in [-0.3, -0.25) is 0 Å². The van der Waals surface area contributed by atoms with Crippen LogP contribution in [0.15, 0.2) is 0 Å². The van der Waals surface area contributed by atoms with E-state index in [0.29, 0.717) is 5.41 Å². The fraction of sp³-hybridized carbons (Fsp3) is 1.00. The van der Waals surface area contributed by atoms with Crippen LogP contribution in [-0.4, -0.2) is 61.2 Å². The van der Waals surface area contributed by atoms with Crippen molar-refractivity contribution in [3.8, 4) is 0 Å². The second-order valence-corrected chi connectivity index (χ2v) is 7.89. The maximum absolute atomic E-state index is 3.69. The van der Waals surface area contributed by atoms with Gasteiger partial charge in [0.25, 0.3) is 0 Å². The van der Waals surface area contributed by atoms with Crippen molar-refractivity contribution >= 4 is 0 Å². The standard InChI is InChI=1S/C17H37N3/c1-7-9-19-10-12-20(13-11-19)15-17(6,8-2)14-18-16(3,4)5/h18H,7-15H2,1-6H3. The van der Waals surface area contributed by atoms with Crippen molar-refractivity contribution < 1.29 is 0 Å². The van der Waals surface area contributed by atoms with Crippen LogP contribution in [0.4, 0.5) is 0 Å². The Kier molecular flexibility index (Phi) is 6.96. The molecular weight excluding hydrogens is 246 g/mol. The first-order chi connectivity index (χ1) is 9.28.